The van der Waals surface area contributed by atoms with Gasteiger partial charge < -0.3 is 4.52 Å². The van der Waals surface area contributed by atoms with Gasteiger partial charge in [-0.2, -0.15) is 4.98 Å². The standard InChI is InChI=1S/C18H22N4O2/c1-12-4-2-5-14(10-12)15-6-3-9-22(15)11-16(23)19-18-20-17(21-24-18)13-7-8-13/h2,4-5,10,13,15H,3,6-9,11H2,1H3,(H,19,20,21,23)/t15-/m1/s1. The van der Waals surface area contributed by atoms with E-state index in [4.69, 9.17) is 4.52 Å². The second-order valence-electron chi connectivity index (χ2n) is 6.82. The molecule has 1 aromatic carbocycles. The quantitative estimate of drug-likeness (QED) is 0.914. The zero-order valence-electron chi connectivity index (χ0n) is 13.9. The van der Waals surface area contributed by atoms with E-state index in [-0.39, 0.29) is 11.9 Å². The van der Waals surface area contributed by atoms with E-state index in [1.807, 2.05) is 0 Å². The summed E-state index contributed by atoms with van der Waals surface area (Å²) >= 11 is 0. The van der Waals surface area contributed by atoms with Gasteiger partial charge in [-0.15, -0.1) is 0 Å². The fraction of sp³-hybridized carbons (Fsp3) is 0.500. The number of benzene rings is 1. The fourth-order valence-corrected chi connectivity index (χ4v) is 3.41. The molecule has 0 bridgehead atoms. The number of likely N-dealkylation sites (tertiary alicyclic amines) is 1. The highest BCUT2D eigenvalue weighted by Gasteiger charge is 2.30. The van der Waals surface area contributed by atoms with E-state index >= 15 is 0 Å². The van der Waals surface area contributed by atoms with Gasteiger partial charge in [0.1, 0.15) is 0 Å². The summed E-state index contributed by atoms with van der Waals surface area (Å²) in [5.41, 5.74) is 2.54. The Kier molecular flexibility index (Phi) is 4.06. The Morgan fingerprint density at radius 2 is 2.25 bits per heavy atom. The highest BCUT2D eigenvalue weighted by atomic mass is 16.5. The lowest BCUT2D eigenvalue weighted by Crippen LogP contribution is -2.33. The minimum absolute atomic E-state index is 0.0967. The summed E-state index contributed by atoms with van der Waals surface area (Å²) in [4.78, 5) is 18.8. The Balaban J connectivity index is 1.38. The first-order chi connectivity index (χ1) is 11.7. The molecule has 1 aliphatic carbocycles. The van der Waals surface area contributed by atoms with Crippen molar-refractivity contribution >= 4 is 11.9 Å². The topological polar surface area (TPSA) is 71.3 Å². The largest absolute Gasteiger partial charge is 0.328 e. The number of nitrogens with one attached hydrogen (secondary N) is 1. The van der Waals surface area contributed by atoms with Crippen molar-refractivity contribution in [1.29, 1.82) is 0 Å². The van der Waals surface area contributed by atoms with Crippen LogP contribution in [0.25, 0.3) is 0 Å². The molecule has 2 aromatic rings. The van der Waals surface area contributed by atoms with E-state index in [2.05, 4.69) is 51.5 Å². The molecule has 6 nitrogen and oxygen atoms in total. The Bertz CT molecular complexity index is 738. The Morgan fingerprint density at radius 1 is 1.38 bits per heavy atom. The van der Waals surface area contributed by atoms with Crippen LogP contribution >= 0.6 is 0 Å². The monoisotopic (exact) mass is 326 g/mol. The van der Waals surface area contributed by atoms with E-state index in [1.54, 1.807) is 0 Å². The van der Waals surface area contributed by atoms with Crippen molar-refractivity contribution in [2.24, 2.45) is 0 Å². The first-order valence-electron chi connectivity index (χ1n) is 8.63. The predicted molar refractivity (Wildman–Crippen MR) is 89.6 cm³/mol. The molecule has 1 amide bonds. The summed E-state index contributed by atoms with van der Waals surface area (Å²) in [5, 5.41) is 6.66. The van der Waals surface area contributed by atoms with Crippen LogP contribution in [0.4, 0.5) is 6.01 Å². The summed E-state index contributed by atoms with van der Waals surface area (Å²) in [6.07, 6.45) is 4.42. The van der Waals surface area contributed by atoms with Crippen LogP contribution < -0.4 is 5.32 Å². The lowest BCUT2D eigenvalue weighted by Gasteiger charge is -2.24. The third-order valence-electron chi connectivity index (χ3n) is 4.77. The van der Waals surface area contributed by atoms with E-state index in [9.17, 15) is 4.79 Å². The normalized spacial score (nSPS) is 21.1. The number of rotatable bonds is 5. The Hall–Kier alpha value is -2.21. The minimum Gasteiger partial charge on any atom is -0.315 e. The van der Waals surface area contributed by atoms with E-state index in [1.165, 1.54) is 11.1 Å². The van der Waals surface area contributed by atoms with Crippen LogP contribution in [0.2, 0.25) is 0 Å². The summed E-state index contributed by atoms with van der Waals surface area (Å²) in [7, 11) is 0. The molecule has 1 N–H and O–H groups in total. The molecular formula is C18H22N4O2. The van der Waals surface area contributed by atoms with E-state index < -0.39 is 0 Å². The summed E-state index contributed by atoms with van der Waals surface area (Å²) in [5.74, 6) is 1.04. The second-order valence-corrected chi connectivity index (χ2v) is 6.82. The van der Waals surface area contributed by atoms with Crippen molar-refractivity contribution in [3.8, 4) is 0 Å². The number of aryl methyl sites for hydroxylation is 1. The third-order valence-corrected chi connectivity index (χ3v) is 4.77. The average molecular weight is 326 g/mol. The molecule has 2 aliphatic rings. The molecule has 1 aliphatic heterocycles. The van der Waals surface area contributed by atoms with Crippen LogP contribution in [-0.4, -0.2) is 34.0 Å². The van der Waals surface area contributed by atoms with Gasteiger partial charge in [0, 0.05) is 12.0 Å². The average Bonchev–Trinajstić information content (AvgIpc) is 3.13. The maximum atomic E-state index is 12.3. The molecule has 2 fully saturated rings. The van der Waals surface area contributed by atoms with Gasteiger partial charge in [0.15, 0.2) is 5.82 Å². The van der Waals surface area contributed by atoms with Crippen LogP contribution in [0.1, 0.15) is 54.6 Å². The van der Waals surface area contributed by atoms with Crippen molar-refractivity contribution in [2.75, 3.05) is 18.4 Å². The molecule has 1 saturated carbocycles. The maximum absolute atomic E-state index is 12.3. The smallest absolute Gasteiger partial charge is 0.315 e. The Labute approximate surface area is 141 Å². The fourth-order valence-electron chi connectivity index (χ4n) is 3.41. The van der Waals surface area contributed by atoms with Gasteiger partial charge in [-0.1, -0.05) is 35.0 Å². The van der Waals surface area contributed by atoms with Crippen LogP contribution in [0.3, 0.4) is 0 Å². The number of carbonyl (C=O) groups is 1. The van der Waals surface area contributed by atoms with Crippen molar-refractivity contribution < 1.29 is 9.32 Å². The first-order valence-corrected chi connectivity index (χ1v) is 8.63. The molecule has 1 saturated heterocycles. The van der Waals surface area contributed by atoms with Gasteiger partial charge >= 0.3 is 6.01 Å². The molecular weight excluding hydrogens is 304 g/mol. The Morgan fingerprint density at radius 3 is 3.04 bits per heavy atom. The van der Waals surface area contributed by atoms with Crippen LogP contribution in [-0.2, 0) is 4.79 Å². The molecule has 1 atom stereocenters. The van der Waals surface area contributed by atoms with Gasteiger partial charge in [0.05, 0.1) is 6.54 Å². The summed E-state index contributed by atoms with van der Waals surface area (Å²) in [6, 6.07) is 9.06. The first kappa shape index (κ1) is 15.3. The van der Waals surface area contributed by atoms with Crippen molar-refractivity contribution in [3.05, 3.63) is 41.2 Å². The van der Waals surface area contributed by atoms with Crippen LogP contribution in [0.15, 0.2) is 28.8 Å². The van der Waals surface area contributed by atoms with Gasteiger partial charge in [-0.05, 0) is 44.7 Å². The number of nitrogens with zero attached hydrogens (tertiary/aromatic N) is 3. The number of aromatic nitrogens is 2. The van der Waals surface area contributed by atoms with E-state index in [0.29, 0.717) is 24.3 Å². The molecule has 0 radical (unpaired) electrons. The van der Waals surface area contributed by atoms with Crippen molar-refractivity contribution in [2.45, 2.75) is 44.6 Å². The molecule has 0 spiro atoms. The molecule has 2 heterocycles. The lowest BCUT2D eigenvalue weighted by molar-refractivity contribution is -0.117. The van der Waals surface area contributed by atoms with E-state index in [0.717, 1.165) is 32.2 Å². The lowest BCUT2D eigenvalue weighted by atomic mass is 10.0. The maximum Gasteiger partial charge on any atom is 0.328 e. The van der Waals surface area contributed by atoms with Crippen molar-refractivity contribution in [1.82, 2.24) is 15.0 Å². The zero-order chi connectivity index (χ0) is 16.5. The van der Waals surface area contributed by atoms with Crippen LogP contribution in [0.5, 0.6) is 0 Å². The van der Waals surface area contributed by atoms with Crippen molar-refractivity contribution in [3.63, 3.8) is 0 Å². The number of hydrogen-bond acceptors (Lipinski definition) is 5. The molecule has 6 heteroatoms. The number of carbonyl (C=O) groups excluding carboxylic acids is 1. The highest BCUT2D eigenvalue weighted by Crippen LogP contribution is 2.38. The summed E-state index contributed by atoms with van der Waals surface area (Å²) in [6.45, 7) is 3.38. The molecule has 126 valence electrons. The van der Waals surface area contributed by atoms with Gasteiger partial charge in [-0.25, -0.2) is 0 Å². The third kappa shape index (κ3) is 3.33. The second kappa shape index (κ2) is 6.36. The number of amides is 1. The zero-order valence-corrected chi connectivity index (χ0v) is 13.9. The SMILES string of the molecule is Cc1cccc([C@H]2CCCN2CC(=O)Nc2nc(C3CC3)no2)c1. The van der Waals surface area contributed by atoms with Crippen LogP contribution in [0, 0.1) is 6.92 Å². The van der Waals surface area contributed by atoms with Gasteiger partial charge in [0.2, 0.25) is 5.91 Å². The molecule has 0 unspecified atom stereocenters. The summed E-state index contributed by atoms with van der Waals surface area (Å²) < 4.78 is 5.12. The number of anilines is 1. The van der Waals surface area contributed by atoms with Gasteiger partial charge in [0.25, 0.3) is 0 Å². The molecule has 1 aromatic heterocycles. The molecule has 4 rings (SSSR count). The molecule has 24 heavy (non-hydrogen) atoms. The number of hydrogen-bond donors (Lipinski definition) is 1. The highest BCUT2D eigenvalue weighted by molar-refractivity contribution is 5.90. The minimum atomic E-state index is -0.0967. The predicted octanol–water partition coefficient (Wildman–Crippen LogP) is 3.03. The van der Waals surface area contributed by atoms with Gasteiger partial charge in [-0.3, -0.25) is 15.0 Å².